The minimum Gasteiger partial charge on any atom is -0.310 e. The van der Waals surface area contributed by atoms with Crippen LogP contribution in [0.4, 0.5) is 0 Å². The first-order chi connectivity index (χ1) is 8.67. The summed E-state index contributed by atoms with van der Waals surface area (Å²) in [6.45, 7) is 11.7. The molecule has 1 aromatic carbocycles. The standard InChI is InChI=1S/C17H27N/c1-5-8-17(18-11-6-2)16-10-7-9-15(13-16)12-14(3)4/h5,7,9-10,13-14,17-18H,1,6,8,11-12H2,2-4H3. The van der Waals surface area contributed by atoms with E-state index in [1.807, 2.05) is 6.08 Å². The Kier molecular flexibility index (Phi) is 6.74. The third-order valence-corrected chi connectivity index (χ3v) is 3.04. The molecule has 1 heteroatoms. The number of rotatable bonds is 8. The predicted molar refractivity (Wildman–Crippen MR) is 80.8 cm³/mol. The molecule has 0 spiro atoms. The van der Waals surface area contributed by atoms with Crippen LogP contribution in [0.25, 0.3) is 0 Å². The molecule has 0 saturated carbocycles. The van der Waals surface area contributed by atoms with Gasteiger partial charge in [-0.25, -0.2) is 0 Å². The largest absolute Gasteiger partial charge is 0.310 e. The average Bonchev–Trinajstić information content (AvgIpc) is 2.34. The van der Waals surface area contributed by atoms with E-state index in [1.165, 1.54) is 17.5 Å². The summed E-state index contributed by atoms with van der Waals surface area (Å²) in [5, 5.41) is 3.60. The van der Waals surface area contributed by atoms with Gasteiger partial charge in [-0.2, -0.15) is 0 Å². The molecular formula is C17H27N. The van der Waals surface area contributed by atoms with Crippen LogP contribution < -0.4 is 5.32 Å². The second-order valence-corrected chi connectivity index (χ2v) is 5.37. The third-order valence-electron chi connectivity index (χ3n) is 3.04. The van der Waals surface area contributed by atoms with Crippen LogP contribution in [0.1, 0.15) is 50.8 Å². The lowest BCUT2D eigenvalue weighted by Gasteiger charge is -2.18. The molecule has 1 nitrogen and oxygen atoms in total. The van der Waals surface area contributed by atoms with Gasteiger partial charge in [-0.1, -0.05) is 51.1 Å². The van der Waals surface area contributed by atoms with E-state index in [1.54, 1.807) is 0 Å². The van der Waals surface area contributed by atoms with E-state index >= 15 is 0 Å². The maximum Gasteiger partial charge on any atom is 0.0354 e. The van der Waals surface area contributed by atoms with Gasteiger partial charge >= 0.3 is 0 Å². The second kappa shape index (κ2) is 8.10. The van der Waals surface area contributed by atoms with Gasteiger partial charge in [-0.05, 0) is 42.9 Å². The zero-order valence-electron chi connectivity index (χ0n) is 12.1. The van der Waals surface area contributed by atoms with Crippen molar-refractivity contribution >= 4 is 0 Å². The first-order valence-corrected chi connectivity index (χ1v) is 7.10. The van der Waals surface area contributed by atoms with E-state index in [2.05, 4.69) is 56.9 Å². The third kappa shape index (κ3) is 5.05. The Hall–Kier alpha value is -1.08. The minimum absolute atomic E-state index is 0.412. The van der Waals surface area contributed by atoms with Crippen molar-refractivity contribution in [2.45, 2.75) is 46.1 Å². The fourth-order valence-electron chi connectivity index (χ4n) is 2.23. The van der Waals surface area contributed by atoms with E-state index in [9.17, 15) is 0 Å². The number of hydrogen-bond acceptors (Lipinski definition) is 1. The van der Waals surface area contributed by atoms with Crippen molar-refractivity contribution in [3.8, 4) is 0 Å². The van der Waals surface area contributed by atoms with Gasteiger partial charge in [0, 0.05) is 6.04 Å². The van der Waals surface area contributed by atoms with Crippen molar-refractivity contribution in [1.82, 2.24) is 5.32 Å². The Morgan fingerprint density at radius 2 is 2.11 bits per heavy atom. The molecular weight excluding hydrogens is 218 g/mol. The zero-order valence-corrected chi connectivity index (χ0v) is 12.1. The second-order valence-electron chi connectivity index (χ2n) is 5.37. The minimum atomic E-state index is 0.412. The first-order valence-electron chi connectivity index (χ1n) is 7.10. The summed E-state index contributed by atoms with van der Waals surface area (Å²) in [5.74, 6) is 0.710. The quantitative estimate of drug-likeness (QED) is 0.665. The molecule has 18 heavy (non-hydrogen) atoms. The Balaban J connectivity index is 2.79. The maximum atomic E-state index is 3.86. The van der Waals surface area contributed by atoms with Gasteiger partial charge in [-0.3, -0.25) is 0 Å². The highest BCUT2D eigenvalue weighted by molar-refractivity contribution is 5.27. The van der Waals surface area contributed by atoms with Gasteiger partial charge in [0.05, 0.1) is 0 Å². The molecule has 1 N–H and O–H groups in total. The van der Waals surface area contributed by atoms with Gasteiger partial charge in [0.1, 0.15) is 0 Å². The topological polar surface area (TPSA) is 12.0 Å². The predicted octanol–water partition coefficient (Wildman–Crippen LogP) is 4.50. The van der Waals surface area contributed by atoms with Crippen LogP contribution in [0.5, 0.6) is 0 Å². The van der Waals surface area contributed by atoms with Crippen LogP contribution >= 0.6 is 0 Å². The molecule has 0 saturated heterocycles. The Labute approximate surface area is 112 Å². The van der Waals surface area contributed by atoms with Crippen LogP contribution in [0.15, 0.2) is 36.9 Å². The SMILES string of the molecule is C=CCC(NCCC)c1cccc(CC(C)C)c1. The van der Waals surface area contributed by atoms with Gasteiger partial charge < -0.3 is 5.32 Å². The van der Waals surface area contributed by atoms with Crippen LogP contribution in [0.3, 0.4) is 0 Å². The molecule has 0 aromatic heterocycles. The molecule has 1 rings (SSSR count). The Bertz CT molecular complexity index is 354. The van der Waals surface area contributed by atoms with E-state index < -0.39 is 0 Å². The molecule has 0 bridgehead atoms. The van der Waals surface area contributed by atoms with Crippen LogP contribution in [-0.4, -0.2) is 6.54 Å². The van der Waals surface area contributed by atoms with Crippen molar-refractivity contribution in [3.63, 3.8) is 0 Å². The van der Waals surface area contributed by atoms with Crippen molar-refractivity contribution in [1.29, 1.82) is 0 Å². The summed E-state index contributed by atoms with van der Waals surface area (Å²) in [6.07, 6.45) is 5.31. The number of nitrogens with one attached hydrogen (secondary N) is 1. The lowest BCUT2D eigenvalue weighted by molar-refractivity contribution is 0.536. The molecule has 1 atom stereocenters. The van der Waals surface area contributed by atoms with Crippen LogP contribution in [0, 0.1) is 5.92 Å². The number of benzene rings is 1. The molecule has 0 radical (unpaired) electrons. The van der Waals surface area contributed by atoms with Crippen molar-refractivity contribution in [2.24, 2.45) is 5.92 Å². The van der Waals surface area contributed by atoms with Crippen molar-refractivity contribution in [2.75, 3.05) is 6.54 Å². The highest BCUT2D eigenvalue weighted by Gasteiger charge is 2.09. The van der Waals surface area contributed by atoms with Crippen molar-refractivity contribution < 1.29 is 0 Å². The maximum absolute atomic E-state index is 3.86. The molecule has 0 aliphatic carbocycles. The lowest BCUT2D eigenvalue weighted by Crippen LogP contribution is -2.21. The van der Waals surface area contributed by atoms with Crippen molar-refractivity contribution in [3.05, 3.63) is 48.0 Å². The molecule has 0 amide bonds. The smallest absolute Gasteiger partial charge is 0.0354 e. The average molecular weight is 245 g/mol. The number of hydrogen-bond donors (Lipinski definition) is 1. The molecule has 0 aliphatic rings. The van der Waals surface area contributed by atoms with Gasteiger partial charge in [0.2, 0.25) is 0 Å². The normalized spacial score (nSPS) is 12.7. The van der Waals surface area contributed by atoms with E-state index in [0.717, 1.165) is 19.4 Å². The molecule has 1 aromatic rings. The fourth-order valence-corrected chi connectivity index (χ4v) is 2.23. The van der Waals surface area contributed by atoms with E-state index in [0.29, 0.717) is 12.0 Å². The zero-order chi connectivity index (χ0) is 13.4. The summed E-state index contributed by atoms with van der Waals surface area (Å²) in [6, 6.07) is 9.39. The summed E-state index contributed by atoms with van der Waals surface area (Å²) in [4.78, 5) is 0. The lowest BCUT2D eigenvalue weighted by atomic mass is 9.97. The van der Waals surface area contributed by atoms with E-state index in [4.69, 9.17) is 0 Å². The summed E-state index contributed by atoms with van der Waals surface area (Å²) < 4.78 is 0. The van der Waals surface area contributed by atoms with Crippen LogP contribution in [-0.2, 0) is 6.42 Å². The first kappa shape index (κ1) is 15.0. The summed E-state index contributed by atoms with van der Waals surface area (Å²) >= 11 is 0. The summed E-state index contributed by atoms with van der Waals surface area (Å²) in [7, 11) is 0. The highest BCUT2D eigenvalue weighted by atomic mass is 14.9. The Morgan fingerprint density at radius 1 is 1.33 bits per heavy atom. The van der Waals surface area contributed by atoms with Crippen LogP contribution in [0.2, 0.25) is 0 Å². The molecule has 0 heterocycles. The van der Waals surface area contributed by atoms with Gasteiger partial charge in [0.15, 0.2) is 0 Å². The summed E-state index contributed by atoms with van der Waals surface area (Å²) in [5.41, 5.74) is 2.83. The molecule has 0 aliphatic heterocycles. The Morgan fingerprint density at radius 3 is 2.72 bits per heavy atom. The monoisotopic (exact) mass is 245 g/mol. The fraction of sp³-hybridized carbons (Fsp3) is 0.529. The van der Waals surface area contributed by atoms with Gasteiger partial charge in [0.25, 0.3) is 0 Å². The molecule has 1 unspecified atom stereocenters. The molecule has 100 valence electrons. The van der Waals surface area contributed by atoms with Gasteiger partial charge in [-0.15, -0.1) is 6.58 Å². The highest BCUT2D eigenvalue weighted by Crippen LogP contribution is 2.20. The van der Waals surface area contributed by atoms with E-state index in [-0.39, 0.29) is 0 Å². The molecule has 0 fully saturated rings.